The van der Waals surface area contributed by atoms with Crippen molar-refractivity contribution in [2.45, 2.75) is 25.2 Å². The molecule has 2 rings (SSSR count). The molecule has 1 aromatic carbocycles. The Morgan fingerprint density at radius 1 is 1.09 bits per heavy atom. The van der Waals surface area contributed by atoms with Gasteiger partial charge in [0.25, 0.3) is 0 Å². The summed E-state index contributed by atoms with van der Waals surface area (Å²) in [6.07, 6.45) is -8.82. The summed E-state index contributed by atoms with van der Waals surface area (Å²) in [6, 6.07) is 0.750. The molecule has 3 nitrogen and oxygen atoms in total. The van der Waals surface area contributed by atoms with Gasteiger partial charge in [0.2, 0.25) is 0 Å². The van der Waals surface area contributed by atoms with E-state index in [4.69, 9.17) is 0 Å². The molecule has 2 N–H and O–H groups in total. The van der Waals surface area contributed by atoms with E-state index in [1.165, 1.54) is 0 Å². The van der Waals surface area contributed by atoms with E-state index >= 15 is 0 Å². The van der Waals surface area contributed by atoms with Gasteiger partial charge in [-0.1, -0.05) is 0 Å². The van der Waals surface area contributed by atoms with E-state index in [-0.39, 0.29) is 17.4 Å². The molecule has 0 atom stereocenters. The molecule has 1 aromatic heterocycles. The fourth-order valence-corrected chi connectivity index (χ4v) is 2.10. The zero-order valence-electron chi connectivity index (χ0n) is 11.5. The van der Waals surface area contributed by atoms with Gasteiger partial charge in [-0.25, -0.2) is 4.98 Å². The van der Waals surface area contributed by atoms with Gasteiger partial charge < -0.3 is 10.3 Å². The third kappa shape index (κ3) is 3.52. The van der Waals surface area contributed by atoms with Crippen LogP contribution in [0.2, 0.25) is 0 Å². The topological polar surface area (TPSA) is 40.7 Å². The Morgan fingerprint density at radius 2 is 1.77 bits per heavy atom. The summed E-state index contributed by atoms with van der Waals surface area (Å²) in [7, 11) is 1.72. The molecule has 0 aliphatic heterocycles. The second-order valence-electron chi connectivity index (χ2n) is 4.81. The molecule has 0 amide bonds. The second kappa shape index (κ2) is 5.79. The first-order chi connectivity index (χ1) is 10.1. The zero-order chi connectivity index (χ0) is 16.5. The maximum absolute atomic E-state index is 13.0. The standard InChI is InChI=1S/C13H13F6N3/c1-20-4-2-3-10-21-9-6-7(12(14,15)16)5-8(11(9)22-10)13(17,18)19/h5-6,20H,2-4H2,1H3,(H,21,22). The first-order valence-electron chi connectivity index (χ1n) is 6.44. The number of alkyl halides is 6. The summed E-state index contributed by atoms with van der Waals surface area (Å²) in [5.74, 6) is 0.232. The Bertz CT molecular complexity index is 656. The molecule has 122 valence electrons. The minimum Gasteiger partial charge on any atom is -0.342 e. The van der Waals surface area contributed by atoms with Gasteiger partial charge in [-0.05, 0) is 32.1 Å². The summed E-state index contributed by atoms with van der Waals surface area (Å²) in [6.45, 7) is 0.622. The zero-order valence-corrected chi connectivity index (χ0v) is 11.5. The quantitative estimate of drug-likeness (QED) is 0.664. The Kier molecular flexibility index (Phi) is 4.37. The van der Waals surface area contributed by atoms with Crippen LogP contribution in [0, 0.1) is 0 Å². The lowest BCUT2D eigenvalue weighted by molar-refractivity contribution is -0.142. The minimum atomic E-state index is -4.91. The van der Waals surface area contributed by atoms with E-state index in [0.717, 1.165) is 0 Å². The number of aryl methyl sites for hydroxylation is 1. The molecule has 0 aliphatic rings. The van der Waals surface area contributed by atoms with Crippen LogP contribution in [-0.4, -0.2) is 23.6 Å². The lowest BCUT2D eigenvalue weighted by Gasteiger charge is -2.11. The largest absolute Gasteiger partial charge is 0.418 e. The van der Waals surface area contributed by atoms with Gasteiger partial charge in [-0.3, -0.25) is 0 Å². The highest BCUT2D eigenvalue weighted by Crippen LogP contribution is 2.39. The Morgan fingerprint density at radius 3 is 2.32 bits per heavy atom. The maximum atomic E-state index is 13.0. The molecule has 0 saturated carbocycles. The van der Waals surface area contributed by atoms with Crippen LogP contribution in [0.4, 0.5) is 26.3 Å². The van der Waals surface area contributed by atoms with Gasteiger partial charge in [0.05, 0.1) is 16.6 Å². The molecule has 22 heavy (non-hydrogen) atoms. The summed E-state index contributed by atoms with van der Waals surface area (Å²) < 4.78 is 77.1. The van der Waals surface area contributed by atoms with Crippen molar-refractivity contribution in [2.75, 3.05) is 13.6 Å². The van der Waals surface area contributed by atoms with Crippen molar-refractivity contribution in [1.29, 1.82) is 0 Å². The van der Waals surface area contributed by atoms with E-state index in [2.05, 4.69) is 15.3 Å². The smallest absolute Gasteiger partial charge is 0.342 e. The molecular formula is C13H13F6N3. The SMILES string of the molecule is CNCCCc1nc2c(C(F)(F)F)cc(C(F)(F)F)cc2[nH]1. The van der Waals surface area contributed by atoms with Crippen LogP contribution >= 0.6 is 0 Å². The molecular weight excluding hydrogens is 312 g/mol. The highest BCUT2D eigenvalue weighted by atomic mass is 19.4. The van der Waals surface area contributed by atoms with Crippen LogP contribution in [0.15, 0.2) is 12.1 Å². The van der Waals surface area contributed by atoms with E-state index < -0.39 is 29.0 Å². The minimum absolute atomic E-state index is 0.0978. The number of nitrogens with one attached hydrogen (secondary N) is 2. The number of aromatic nitrogens is 2. The summed E-state index contributed by atoms with van der Waals surface area (Å²) in [4.78, 5) is 6.34. The van der Waals surface area contributed by atoms with Crippen LogP contribution in [0.1, 0.15) is 23.4 Å². The van der Waals surface area contributed by atoms with E-state index in [0.29, 0.717) is 25.5 Å². The first kappa shape index (κ1) is 16.6. The third-order valence-corrected chi connectivity index (χ3v) is 3.11. The molecule has 9 heteroatoms. The van der Waals surface area contributed by atoms with Gasteiger partial charge in [-0.2, -0.15) is 26.3 Å². The number of hydrogen-bond donors (Lipinski definition) is 2. The molecule has 1 heterocycles. The van der Waals surface area contributed by atoms with Crippen LogP contribution in [0.3, 0.4) is 0 Å². The van der Waals surface area contributed by atoms with Crippen molar-refractivity contribution in [3.05, 3.63) is 29.1 Å². The fraction of sp³-hybridized carbons (Fsp3) is 0.462. The second-order valence-corrected chi connectivity index (χ2v) is 4.81. The maximum Gasteiger partial charge on any atom is 0.418 e. The lowest BCUT2D eigenvalue weighted by atomic mass is 10.1. The van der Waals surface area contributed by atoms with Gasteiger partial charge in [0, 0.05) is 6.42 Å². The molecule has 0 radical (unpaired) electrons. The van der Waals surface area contributed by atoms with Crippen molar-refractivity contribution >= 4 is 11.0 Å². The molecule has 0 aliphatic carbocycles. The van der Waals surface area contributed by atoms with Crippen molar-refractivity contribution in [3.8, 4) is 0 Å². The average molecular weight is 325 g/mol. The third-order valence-electron chi connectivity index (χ3n) is 3.11. The predicted molar refractivity (Wildman–Crippen MR) is 68.3 cm³/mol. The van der Waals surface area contributed by atoms with Crippen molar-refractivity contribution < 1.29 is 26.3 Å². The van der Waals surface area contributed by atoms with Gasteiger partial charge in [0.15, 0.2) is 0 Å². The summed E-state index contributed by atoms with van der Waals surface area (Å²) in [5, 5.41) is 2.87. The fourth-order valence-electron chi connectivity index (χ4n) is 2.10. The normalized spacial score (nSPS) is 13.0. The number of halogens is 6. The Balaban J connectivity index is 2.53. The summed E-state index contributed by atoms with van der Waals surface area (Å²) >= 11 is 0. The van der Waals surface area contributed by atoms with Crippen molar-refractivity contribution in [1.82, 2.24) is 15.3 Å². The predicted octanol–water partition coefficient (Wildman–Crippen LogP) is 3.75. The molecule has 0 fully saturated rings. The van der Waals surface area contributed by atoms with Crippen LogP contribution in [0.5, 0.6) is 0 Å². The van der Waals surface area contributed by atoms with Crippen molar-refractivity contribution in [3.63, 3.8) is 0 Å². The van der Waals surface area contributed by atoms with Gasteiger partial charge in [0.1, 0.15) is 11.3 Å². The number of nitrogens with zero attached hydrogens (tertiary/aromatic N) is 1. The number of hydrogen-bond acceptors (Lipinski definition) is 2. The number of H-pyrrole nitrogens is 1. The van der Waals surface area contributed by atoms with Crippen molar-refractivity contribution in [2.24, 2.45) is 0 Å². The molecule has 0 bridgehead atoms. The monoisotopic (exact) mass is 325 g/mol. The molecule has 2 aromatic rings. The van der Waals surface area contributed by atoms with Gasteiger partial charge in [-0.15, -0.1) is 0 Å². The highest BCUT2D eigenvalue weighted by molar-refractivity contribution is 5.80. The summed E-state index contributed by atoms with van der Waals surface area (Å²) in [5.41, 5.74) is -3.48. The average Bonchev–Trinajstić information content (AvgIpc) is 2.78. The molecule has 0 saturated heterocycles. The number of imidazole rings is 1. The van der Waals surface area contributed by atoms with Gasteiger partial charge >= 0.3 is 12.4 Å². The molecule has 0 spiro atoms. The Hall–Kier alpha value is -1.77. The van der Waals surface area contributed by atoms with E-state index in [9.17, 15) is 26.3 Å². The number of benzene rings is 1. The van der Waals surface area contributed by atoms with E-state index in [1.807, 2.05) is 0 Å². The van der Waals surface area contributed by atoms with Crippen LogP contribution in [-0.2, 0) is 18.8 Å². The number of rotatable bonds is 4. The highest BCUT2D eigenvalue weighted by Gasteiger charge is 2.39. The molecule has 0 unspecified atom stereocenters. The first-order valence-corrected chi connectivity index (χ1v) is 6.44. The number of aromatic amines is 1. The van der Waals surface area contributed by atoms with Crippen LogP contribution < -0.4 is 5.32 Å². The number of fused-ring (bicyclic) bond motifs is 1. The van der Waals surface area contributed by atoms with E-state index in [1.54, 1.807) is 7.05 Å². The lowest BCUT2D eigenvalue weighted by Crippen LogP contribution is -2.11. The van der Waals surface area contributed by atoms with Crippen LogP contribution in [0.25, 0.3) is 11.0 Å². The Labute approximate surface area is 121 Å².